The molecule has 0 spiro atoms. The molecular formula is C16H15BrN2O. The summed E-state index contributed by atoms with van der Waals surface area (Å²) in [6, 6.07) is 12.1. The number of aromatic nitrogens is 1. The van der Waals surface area contributed by atoms with Gasteiger partial charge in [0.25, 0.3) is 0 Å². The van der Waals surface area contributed by atoms with Gasteiger partial charge < -0.3 is 5.32 Å². The van der Waals surface area contributed by atoms with Gasteiger partial charge in [0.15, 0.2) is 0 Å². The molecule has 2 unspecified atom stereocenters. The molecule has 0 radical (unpaired) electrons. The lowest BCUT2D eigenvalue weighted by Gasteiger charge is -2.06. The topological polar surface area (TPSA) is 42.0 Å². The molecule has 1 fully saturated rings. The monoisotopic (exact) mass is 330 g/mol. The highest BCUT2D eigenvalue weighted by Crippen LogP contribution is 2.47. The average Bonchev–Trinajstić information content (AvgIpc) is 3.24. The van der Waals surface area contributed by atoms with Gasteiger partial charge in [0.1, 0.15) is 4.60 Å². The summed E-state index contributed by atoms with van der Waals surface area (Å²) in [5.41, 5.74) is 3.02. The van der Waals surface area contributed by atoms with Crippen LogP contribution in [0.25, 0.3) is 0 Å². The first-order chi connectivity index (χ1) is 9.65. The minimum atomic E-state index is 0.0846. The van der Waals surface area contributed by atoms with Crippen LogP contribution in [0.15, 0.2) is 47.2 Å². The summed E-state index contributed by atoms with van der Waals surface area (Å²) in [5, 5.41) is 2.95. The van der Waals surface area contributed by atoms with E-state index in [1.165, 1.54) is 5.56 Å². The Hall–Kier alpha value is -1.68. The number of nitrogens with one attached hydrogen (secondary N) is 1. The van der Waals surface area contributed by atoms with Crippen LogP contribution in [-0.4, -0.2) is 10.9 Å². The average molecular weight is 331 g/mol. The molecule has 2 atom stereocenters. The molecule has 1 saturated carbocycles. The van der Waals surface area contributed by atoms with Crippen LogP contribution in [0, 0.1) is 12.8 Å². The van der Waals surface area contributed by atoms with Gasteiger partial charge >= 0.3 is 0 Å². The van der Waals surface area contributed by atoms with E-state index in [-0.39, 0.29) is 11.8 Å². The Morgan fingerprint density at radius 1 is 1.35 bits per heavy atom. The number of pyridine rings is 1. The van der Waals surface area contributed by atoms with Gasteiger partial charge in [-0.25, -0.2) is 4.98 Å². The fourth-order valence-electron chi connectivity index (χ4n) is 2.41. The van der Waals surface area contributed by atoms with Crippen molar-refractivity contribution in [2.45, 2.75) is 19.3 Å². The minimum Gasteiger partial charge on any atom is -0.324 e. The first-order valence-corrected chi connectivity index (χ1v) is 7.42. The number of carbonyl (C=O) groups is 1. The Morgan fingerprint density at radius 2 is 2.10 bits per heavy atom. The number of anilines is 1. The highest BCUT2D eigenvalue weighted by molar-refractivity contribution is 9.10. The molecule has 0 bridgehead atoms. The molecule has 20 heavy (non-hydrogen) atoms. The summed E-state index contributed by atoms with van der Waals surface area (Å²) < 4.78 is 0.809. The van der Waals surface area contributed by atoms with Gasteiger partial charge in [-0.1, -0.05) is 30.3 Å². The molecule has 3 nitrogen and oxygen atoms in total. The van der Waals surface area contributed by atoms with Crippen molar-refractivity contribution >= 4 is 27.5 Å². The van der Waals surface area contributed by atoms with Gasteiger partial charge in [0.05, 0.1) is 11.9 Å². The molecule has 102 valence electrons. The molecule has 1 amide bonds. The van der Waals surface area contributed by atoms with Crippen molar-refractivity contribution in [3.05, 3.63) is 58.3 Å². The van der Waals surface area contributed by atoms with Crippen LogP contribution in [0.5, 0.6) is 0 Å². The predicted molar refractivity (Wildman–Crippen MR) is 82.6 cm³/mol. The zero-order chi connectivity index (χ0) is 14.1. The molecule has 1 aliphatic rings. The quantitative estimate of drug-likeness (QED) is 0.867. The summed E-state index contributed by atoms with van der Waals surface area (Å²) in [5.74, 6) is 0.532. The Bertz CT molecular complexity index is 642. The standard InChI is InChI=1S/C16H15BrN2O/c1-10-7-12(9-18-15(10)17)19-16(20)14-8-13(14)11-5-3-2-4-6-11/h2-7,9,13-14H,8H2,1H3,(H,19,20). The molecular weight excluding hydrogens is 316 g/mol. The first-order valence-electron chi connectivity index (χ1n) is 6.63. The lowest BCUT2D eigenvalue weighted by molar-refractivity contribution is -0.117. The normalized spacial score (nSPS) is 20.5. The molecule has 1 heterocycles. The van der Waals surface area contributed by atoms with E-state index in [0.29, 0.717) is 5.92 Å². The number of hydrogen-bond acceptors (Lipinski definition) is 2. The zero-order valence-corrected chi connectivity index (χ0v) is 12.7. The molecule has 4 heteroatoms. The molecule has 1 aromatic carbocycles. The van der Waals surface area contributed by atoms with Crippen LogP contribution < -0.4 is 5.32 Å². The van der Waals surface area contributed by atoms with Crippen molar-refractivity contribution in [2.75, 3.05) is 5.32 Å². The maximum Gasteiger partial charge on any atom is 0.228 e. The third kappa shape index (κ3) is 2.75. The smallest absolute Gasteiger partial charge is 0.228 e. The summed E-state index contributed by atoms with van der Waals surface area (Å²) in [6.07, 6.45) is 2.60. The number of halogens is 1. The Kier molecular flexibility index (Phi) is 3.57. The second-order valence-electron chi connectivity index (χ2n) is 5.18. The fraction of sp³-hybridized carbons (Fsp3) is 0.250. The van der Waals surface area contributed by atoms with Crippen LogP contribution in [0.3, 0.4) is 0 Å². The summed E-state index contributed by atoms with van der Waals surface area (Å²) in [7, 11) is 0. The van der Waals surface area contributed by atoms with Crippen molar-refractivity contribution in [3.63, 3.8) is 0 Å². The molecule has 0 saturated heterocycles. The third-order valence-electron chi connectivity index (χ3n) is 3.64. The number of benzene rings is 1. The first kappa shape index (κ1) is 13.3. The van der Waals surface area contributed by atoms with Crippen molar-refractivity contribution < 1.29 is 4.79 Å². The van der Waals surface area contributed by atoms with Crippen LogP contribution in [-0.2, 0) is 4.79 Å². The van der Waals surface area contributed by atoms with Gasteiger partial charge in [-0.2, -0.15) is 0 Å². The number of aryl methyl sites for hydroxylation is 1. The van der Waals surface area contributed by atoms with Crippen LogP contribution >= 0.6 is 15.9 Å². The van der Waals surface area contributed by atoms with E-state index in [9.17, 15) is 4.79 Å². The van der Waals surface area contributed by atoms with Gasteiger partial charge in [-0.3, -0.25) is 4.79 Å². The lowest BCUT2D eigenvalue weighted by atomic mass is 10.1. The number of rotatable bonds is 3. The Labute approximate surface area is 126 Å². The minimum absolute atomic E-state index is 0.0846. The predicted octanol–water partition coefficient (Wildman–Crippen LogP) is 3.89. The summed E-state index contributed by atoms with van der Waals surface area (Å²) in [4.78, 5) is 16.4. The molecule has 3 rings (SSSR count). The van der Waals surface area contributed by atoms with Crippen molar-refractivity contribution in [1.29, 1.82) is 0 Å². The summed E-state index contributed by atoms with van der Waals surface area (Å²) >= 11 is 3.35. The van der Waals surface area contributed by atoms with E-state index in [0.717, 1.165) is 22.3 Å². The van der Waals surface area contributed by atoms with Gasteiger partial charge in [0, 0.05) is 5.92 Å². The Morgan fingerprint density at radius 3 is 2.80 bits per heavy atom. The molecule has 1 N–H and O–H groups in total. The highest BCUT2D eigenvalue weighted by Gasteiger charge is 2.43. The fourth-order valence-corrected chi connectivity index (χ4v) is 2.63. The number of carbonyl (C=O) groups excluding carboxylic acids is 1. The molecule has 2 aromatic rings. The third-order valence-corrected chi connectivity index (χ3v) is 4.47. The molecule has 0 aliphatic heterocycles. The van der Waals surface area contributed by atoms with Crippen LogP contribution in [0.4, 0.5) is 5.69 Å². The number of nitrogens with zero attached hydrogens (tertiary/aromatic N) is 1. The van der Waals surface area contributed by atoms with E-state index < -0.39 is 0 Å². The van der Waals surface area contributed by atoms with E-state index in [2.05, 4.69) is 38.4 Å². The van der Waals surface area contributed by atoms with Gasteiger partial charge in [-0.15, -0.1) is 0 Å². The maximum atomic E-state index is 12.2. The lowest BCUT2D eigenvalue weighted by Crippen LogP contribution is -2.14. The van der Waals surface area contributed by atoms with Crippen LogP contribution in [0.2, 0.25) is 0 Å². The molecule has 1 aromatic heterocycles. The van der Waals surface area contributed by atoms with E-state index in [1.54, 1.807) is 6.20 Å². The summed E-state index contributed by atoms with van der Waals surface area (Å²) in [6.45, 7) is 1.95. The zero-order valence-electron chi connectivity index (χ0n) is 11.1. The Balaban J connectivity index is 1.65. The number of amides is 1. The van der Waals surface area contributed by atoms with Crippen molar-refractivity contribution in [2.24, 2.45) is 5.92 Å². The maximum absolute atomic E-state index is 12.2. The van der Waals surface area contributed by atoms with Gasteiger partial charge in [-0.05, 0) is 52.4 Å². The second-order valence-corrected chi connectivity index (χ2v) is 5.93. The number of hydrogen-bond donors (Lipinski definition) is 1. The SMILES string of the molecule is Cc1cc(NC(=O)C2CC2c2ccccc2)cnc1Br. The van der Waals surface area contributed by atoms with Gasteiger partial charge in [0.2, 0.25) is 5.91 Å². The second kappa shape index (κ2) is 5.37. The van der Waals surface area contributed by atoms with Crippen LogP contribution in [0.1, 0.15) is 23.5 Å². The highest BCUT2D eigenvalue weighted by atomic mass is 79.9. The van der Waals surface area contributed by atoms with Crippen molar-refractivity contribution in [1.82, 2.24) is 4.98 Å². The molecule has 1 aliphatic carbocycles. The van der Waals surface area contributed by atoms with Crippen molar-refractivity contribution in [3.8, 4) is 0 Å². The van der Waals surface area contributed by atoms with E-state index >= 15 is 0 Å². The largest absolute Gasteiger partial charge is 0.324 e. The van der Waals surface area contributed by atoms with E-state index in [1.807, 2.05) is 31.2 Å². The van der Waals surface area contributed by atoms with E-state index in [4.69, 9.17) is 0 Å².